The lowest BCUT2D eigenvalue weighted by Crippen LogP contribution is -2.29. The molecule has 0 saturated carbocycles. The van der Waals surface area contributed by atoms with Crippen LogP contribution < -0.4 is 5.32 Å². The zero-order valence-electron chi connectivity index (χ0n) is 14.4. The van der Waals surface area contributed by atoms with E-state index in [-0.39, 0.29) is 0 Å². The number of nitrogens with zero attached hydrogens (tertiary/aromatic N) is 6. The molecule has 130 valence electrons. The Hall–Kier alpha value is -1.73. The number of imidazole rings is 1. The van der Waals surface area contributed by atoms with Crippen LogP contribution in [0.5, 0.6) is 0 Å². The molecule has 24 heavy (non-hydrogen) atoms. The van der Waals surface area contributed by atoms with Crippen molar-refractivity contribution in [3.63, 3.8) is 0 Å². The van der Waals surface area contributed by atoms with Crippen molar-refractivity contribution in [2.24, 2.45) is 0 Å². The van der Waals surface area contributed by atoms with E-state index in [0.29, 0.717) is 12.1 Å². The van der Waals surface area contributed by atoms with E-state index in [1.54, 1.807) is 0 Å². The molecule has 2 saturated heterocycles. The first-order chi connectivity index (χ1) is 11.8. The Bertz CT molecular complexity index is 655. The fourth-order valence-corrected chi connectivity index (χ4v) is 3.98. The summed E-state index contributed by atoms with van der Waals surface area (Å²) in [6, 6.07) is 1.16. The highest BCUT2D eigenvalue weighted by Crippen LogP contribution is 2.22. The van der Waals surface area contributed by atoms with Crippen LogP contribution in [0.2, 0.25) is 0 Å². The van der Waals surface area contributed by atoms with Gasteiger partial charge in [-0.1, -0.05) is 5.21 Å². The van der Waals surface area contributed by atoms with Gasteiger partial charge in [0.15, 0.2) is 5.82 Å². The number of rotatable bonds is 5. The first-order valence-corrected chi connectivity index (χ1v) is 9.15. The van der Waals surface area contributed by atoms with E-state index in [2.05, 4.69) is 49.5 Å². The van der Waals surface area contributed by atoms with Crippen molar-refractivity contribution >= 4 is 0 Å². The van der Waals surface area contributed by atoms with Crippen LogP contribution in [-0.4, -0.2) is 62.2 Å². The molecule has 2 aliphatic rings. The van der Waals surface area contributed by atoms with Crippen LogP contribution >= 0.6 is 0 Å². The molecule has 7 heteroatoms. The minimum absolute atomic E-state index is 0.461. The maximum Gasteiger partial charge on any atom is 0.162 e. The minimum atomic E-state index is 0.461. The first-order valence-electron chi connectivity index (χ1n) is 9.15. The zero-order valence-corrected chi connectivity index (χ0v) is 14.4. The third-order valence-electron chi connectivity index (χ3n) is 5.51. The molecule has 7 nitrogen and oxygen atoms in total. The Kier molecular flexibility index (Phi) is 4.62. The van der Waals surface area contributed by atoms with Crippen molar-refractivity contribution in [1.82, 2.24) is 34.8 Å². The first kappa shape index (κ1) is 15.8. The summed E-state index contributed by atoms with van der Waals surface area (Å²) in [6.07, 6.45) is 12.0. The third kappa shape index (κ3) is 3.23. The molecule has 1 N–H and O–H groups in total. The molecule has 2 aromatic heterocycles. The lowest BCUT2D eigenvalue weighted by atomic mass is 10.1. The van der Waals surface area contributed by atoms with Gasteiger partial charge in [0.1, 0.15) is 5.69 Å². The number of aryl methyl sites for hydroxylation is 1. The van der Waals surface area contributed by atoms with Gasteiger partial charge < -0.3 is 14.8 Å². The van der Waals surface area contributed by atoms with E-state index in [9.17, 15) is 0 Å². The molecule has 4 heterocycles. The number of hydrogen-bond acceptors (Lipinski definition) is 5. The normalized spacial score (nSPS) is 23.1. The molecule has 2 aliphatic heterocycles. The van der Waals surface area contributed by atoms with Gasteiger partial charge in [-0.05, 0) is 58.8 Å². The fourth-order valence-electron chi connectivity index (χ4n) is 3.98. The molecule has 0 amide bonds. The van der Waals surface area contributed by atoms with Gasteiger partial charge in [-0.3, -0.25) is 0 Å². The molecule has 0 spiro atoms. The lowest BCUT2D eigenvalue weighted by Gasteiger charge is -2.22. The van der Waals surface area contributed by atoms with Crippen LogP contribution in [0, 0.1) is 0 Å². The van der Waals surface area contributed by atoms with Crippen LogP contribution in [0.15, 0.2) is 18.6 Å². The van der Waals surface area contributed by atoms with Gasteiger partial charge in [-0.2, -0.15) is 0 Å². The second kappa shape index (κ2) is 7.03. The number of hydrogen-bond donors (Lipinski definition) is 1. The zero-order chi connectivity index (χ0) is 16.4. The van der Waals surface area contributed by atoms with Crippen molar-refractivity contribution in [3.8, 4) is 11.5 Å². The average Bonchev–Trinajstić information content (AvgIpc) is 3.34. The second-order valence-corrected chi connectivity index (χ2v) is 7.07. The van der Waals surface area contributed by atoms with Gasteiger partial charge in [-0.15, -0.1) is 5.10 Å². The SMILES string of the molecule is CN1CCC[C@@H]1CCn1ccnc1-c1cn(C2CCNCC2)nn1. The molecule has 2 fully saturated rings. The van der Waals surface area contributed by atoms with E-state index < -0.39 is 0 Å². The Morgan fingerprint density at radius 1 is 1.25 bits per heavy atom. The van der Waals surface area contributed by atoms with Crippen molar-refractivity contribution in [2.75, 3.05) is 26.7 Å². The van der Waals surface area contributed by atoms with Crippen LogP contribution in [0.3, 0.4) is 0 Å². The fraction of sp³-hybridized carbons (Fsp3) is 0.706. The predicted molar refractivity (Wildman–Crippen MR) is 92.7 cm³/mol. The topological polar surface area (TPSA) is 63.8 Å². The lowest BCUT2D eigenvalue weighted by molar-refractivity contribution is 0.286. The van der Waals surface area contributed by atoms with Crippen molar-refractivity contribution in [2.45, 2.75) is 50.7 Å². The summed E-state index contributed by atoms with van der Waals surface area (Å²) in [6.45, 7) is 4.34. The highest BCUT2D eigenvalue weighted by atomic mass is 15.4. The highest BCUT2D eigenvalue weighted by molar-refractivity contribution is 5.47. The van der Waals surface area contributed by atoms with E-state index in [4.69, 9.17) is 0 Å². The molecule has 2 aromatic rings. The van der Waals surface area contributed by atoms with Gasteiger partial charge >= 0.3 is 0 Å². The Morgan fingerprint density at radius 2 is 2.12 bits per heavy atom. The molecule has 0 aromatic carbocycles. The summed E-state index contributed by atoms with van der Waals surface area (Å²) in [4.78, 5) is 7.01. The number of nitrogens with one attached hydrogen (secondary N) is 1. The minimum Gasteiger partial charge on any atom is -0.330 e. The van der Waals surface area contributed by atoms with Crippen LogP contribution in [0.25, 0.3) is 11.5 Å². The molecular weight excluding hydrogens is 302 g/mol. The van der Waals surface area contributed by atoms with Crippen LogP contribution in [0.4, 0.5) is 0 Å². The number of aromatic nitrogens is 5. The summed E-state index contributed by atoms with van der Waals surface area (Å²) >= 11 is 0. The van der Waals surface area contributed by atoms with Gasteiger partial charge in [0, 0.05) is 25.0 Å². The quantitative estimate of drug-likeness (QED) is 0.902. The second-order valence-electron chi connectivity index (χ2n) is 7.07. The largest absolute Gasteiger partial charge is 0.330 e. The van der Waals surface area contributed by atoms with Gasteiger partial charge in [0.05, 0.1) is 12.2 Å². The Labute approximate surface area is 143 Å². The van der Waals surface area contributed by atoms with Crippen LogP contribution in [0.1, 0.15) is 38.1 Å². The molecular formula is C17H27N7. The summed E-state index contributed by atoms with van der Waals surface area (Å²) < 4.78 is 4.25. The molecule has 0 radical (unpaired) electrons. The smallest absolute Gasteiger partial charge is 0.162 e. The van der Waals surface area contributed by atoms with Crippen molar-refractivity contribution < 1.29 is 0 Å². The molecule has 0 unspecified atom stereocenters. The van der Waals surface area contributed by atoms with Crippen molar-refractivity contribution in [1.29, 1.82) is 0 Å². The summed E-state index contributed by atoms with van der Waals surface area (Å²) in [5, 5.41) is 12.1. The highest BCUT2D eigenvalue weighted by Gasteiger charge is 2.22. The standard InChI is InChI=1S/C17H27N7/c1-22-10-2-3-14(22)6-11-23-12-9-19-17(23)16-13-24(21-20-16)15-4-7-18-8-5-15/h9,12-15,18H,2-8,10-11H2,1H3/t14-/m1/s1. The molecule has 0 aliphatic carbocycles. The molecule has 4 rings (SSSR count). The van der Waals surface area contributed by atoms with Gasteiger partial charge in [0.25, 0.3) is 0 Å². The maximum atomic E-state index is 4.53. The number of likely N-dealkylation sites (tertiary alicyclic amines) is 1. The van der Waals surface area contributed by atoms with Gasteiger partial charge in [-0.25, -0.2) is 9.67 Å². The maximum absolute atomic E-state index is 4.53. The number of piperidine rings is 1. The summed E-state index contributed by atoms with van der Waals surface area (Å²) in [5.74, 6) is 0.941. The Balaban J connectivity index is 1.45. The average molecular weight is 329 g/mol. The predicted octanol–water partition coefficient (Wildman–Crippen LogP) is 1.55. The van der Waals surface area contributed by atoms with E-state index in [0.717, 1.165) is 44.0 Å². The van der Waals surface area contributed by atoms with E-state index in [1.807, 2.05) is 10.9 Å². The third-order valence-corrected chi connectivity index (χ3v) is 5.51. The monoisotopic (exact) mass is 329 g/mol. The van der Waals surface area contributed by atoms with E-state index >= 15 is 0 Å². The van der Waals surface area contributed by atoms with Crippen LogP contribution in [-0.2, 0) is 6.54 Å². The summed E-state index contributed by atoms with van der Waals surface area (Å²) in [5.41, 5.74) is 0.887. The van der Waals surface area contributed by atoms with Crippen molar-refractivity contribution in [3.05, 3.63) is 18.6 Å². The molecule has 1 atom stereocenters. The Morgan fingerprint density at radius 3 is 2.92 bits per heavy atom. The summed E-state index contributed by atoms with van der Waals surface area (Å²) in [7, 11) is 2.23. The van der Waals surface area contributed by atoms with E-state index in [1.165, 1.54) is 25.8 Å². The van der Waals surface area contributed by atoms with Gasteiger partial charge in [0.2, 0.25) is 0 Å². The molecule has 0 bridgehead atoms.